The quantitative estimate of drug-likeness (QED) is 0.855. The van der Waals surface area contributed by atoms with Crippen LogP contribution >= 0.6 is 27.7 Å². The van der Waals surface area contributed by atoms with Crippen molar-refractivity contribution in [1.29, 1.82) is 0 Å². The summed E-state index contributed by atoms with van der Waals surface area (Å²) >= 11 is 4.34. The molecule has 0 amide bonds. The minimum atomic E-state index is -0.565. The third-order valence-corrected chi connectivity index (χ3v) is 4.30. The lowest BCUT2D eigenvalue weighted by molar-refractivity contribution is 0.196. The zero-order valence-electron chi connectivity index (χ0n) is 9.01. The van der Waals surface area contributed by atoms with Crippen LogP contribution in [0.1, 0.15) is 19.4 Å². The number of hydrogen-bond acceptors (Lipinski definition) is 2. The van der Waals surface area contributed by atoms with Crippen LogP contribution in [0.2, 0.25) is 0 Å². The maximum Gasteiger partial charge on any atom is 0.144 e. The predicted molar refractivity (Wildman–Crippen MR) is 66.5 cm³/mol. The molecule has 1 aromatic rings. The summed E-state index contributed by atoms with van der Waals surface area (Å²) < 4.78 is 27.2. The van der Waals surface area contributed by atoms with Crippen LogP contribution in [0.15, 0.2) is 16.6 Å². The van der Waals surface area contributed by atoms with E-state index in [2.05, 4.69) is 15.9 Å². The SMILES string of the molecule is CC(O)C(C)SCc1c(F)ccc(Br)c1F. The van der Waals surface area contributed by atoms with Crippen LogP contribution in [-0.4, -0.2) is 16.5 Å². The molecule has 0 aromatic heterocycles. The Balaban J connectivity index is 2.77. The van der Waals surface area contributed by atoms with E-state index < -0.39 is 17.7 Å². The molecular weight excluding hydrogens is 298 g/mol. The van der Waals surface area contributed by atoms with Crippen LogP contribution in [0.25, 0.3) is 0 Å². The molecule has 0 aliphatic carbocycles. The third-order valence-electron chi connectivity index (χ3n) is 2.31. The molecule has 1 N–H and O–H groups in total. The van der Waals surface area contributed by atoms with E-state index in [1.807, 2.05) is 6.92 Å². The lowest BCUT2D eigenvalue weighted by Crippen LogP contribution is -2.15. The van der Waals surface area contributed by atoms with Gasteiger partial charge in [-0.2, -0.15) is 11.8 Å². The van der Waals surface area contributed by atoms with Crippen molar-refractivity contribution in [1.82, 2.24) is 0 Å². The summed E-state index contributed by atoms with van der Waals surface area (Å²) in [5.74, 6) is -0.903. The van der Waals surface area contributed by atoms with Crippen LogP contribution in [0.4, 0.5) is 8.78 Å². The van der Waals surface area contributed by atoms with Gasteiger partial charge < -0.3 is 5.11 Å². The Morgan fingerprint density at radius 3 is 2.56 bits per heavy atom. The molecule has 0 aliphatic rings. The molecule has 1 aromatic carbocycles. The van der Waals surface area contributed by atoms with Crippen molar-refractivity contribution in [2.75, 3.05) is 0 Å². The van der Waals surface area contributed by atoms with E-state index in [0.29, 0.717) is 0 Å². The van der Waals surface area contributed by atoms with Gasteiger partial charge in [0.05, 0.1) is 10.6 Å². The topological polar surface area (TPSA) is 20.2 Å². The van der Waals surface area contributed by atoms with E-state index in [1.54, 1.807) is 6.92 Å². The molecule has 0 saturated heterocycles. The molecule has 16 heavy (non-hydrogen) atoms. The summed E-state index contributed by atoms with van der Waals surface area (Å²) in [6.45, 7) is 3.48. The van der Waals surface area contributed by atoms with E-state index >= 15 is 0 Å². The summed E-state index contributed by atoms with van der Waals surface area (Å²) in [6.07, 6.45) is -0.497. The first-order chi connectivity index (χ1) is 7.43. The number of thioether (sulfide) groups is 1. The van der Waals surface area contributed by atoms with E-state index in [-0.39, 0.29) is 21.0 Å². The fourth-order valence-electron chi connectivity index (χ4n) is 1.06. The molecule has 1 nitrogen and oxygen atoms in total. The molecule has 0 spiro atoms. The molecule has 0 radical (unpaired) electrons. The van der Waals surface area contributed by atoms with Crippen molar-refractivity contribution in [3.05, 3.63) is 33.8 Å². The molecule has 0 aliphatic heterocycles. The second kappa shape index (κ2) is 5.98. The molecule has 0 bridgehead atoms. The Kier molecular flexibility index (Phi) is 5.21. The van der Waals surface area contributed by atoms with Crippen LogP contribution in [0.3, 0.4) is 0 Å². The van der Waals surface area contributed by atoms with Crippen LogP contribution in [-0.2, 0) is 5.75 Å². The van der Waals surface area contributed by atoms with E-state index in [1.165, 1.54) is 23.9 Å². The lowest BCUT2D eigenvalue weighted by Gasteiger charge is -2.14. The minimum absolute atomic E-state index is 0.0480. The Morgan fingerprint density at radius 2 is 2.00 bits per heavy atom. The smallest absolute Gasteiger partial charge is 0.144 e. The highest BCUT2D eigenvalue weighted by Gasteiger charge is 2.15. The fourth-order valence-corrected chi connectivity index (χ4v) is 2.40. The summed E-state index contributed by atoms with van der Waals surface area (Å²) in [6, 6.07) is 2.58. The first kappa shape index (κ1) is 13.9. The molecule has 1 rings (SSSR count). The van der Waals surface area contributed by atoms with Crippen molar-refractivity contribution >= 4 is 27.7 Å². The van der Waals surface area contributed by atoms with Gasteiger partial charge in [-0.1, -0.05) is 6.92 Å². The van der Waals surface area contributed by atoms with E-state index in [9.17, 15) is 13.9 Å². The second-order valence-electron chi connectivity index (χ2n) is 3.58. The molecular formula is C11H13BrF2OS. The molecule has 2 atom stereocenters. The Hall–Kier alpha value is -0.130. The molecule has 90 valence electrons. The summed E-state index contributed by atoms with van der Waals surface area (Å²) in [5, 5.41) is 9.22. The van der Waals surface area contributed by atoms with Gasteiger partial charge in [0, 0.05) is 16.6 Å². The van der Waals surface area contributed by atoms with Gasteiger partial charge in [-0.3, -0.25) is 0 Å². The maximum atomic E-state index is 13.6. The highest BCUT2D eigenvalue weighted by molar-refractivity contribution is 9.10. The van der Waals surface area contributed by atoms with Crippen molar-refractivity contribution in [2.24, 2.45) is 0 Å². The zero-order valence-corrected chi connectivity index (χ0v) is 11.4. The van der Waals surface area contributed by atoms with Crippen LogP contribution in [0, 0.1) is 11.6 Å². The number of halogens is 3. The van der Waals surface area contributed by atoms with Crippen molar-refractivity contribution < 1.29 is 13.9 Å². The van der Waals surface area contributed by atoms with Crippen molar-refractivity contribution in [3.63, 3.8) is 0 Å². The standard InChI is InChI=1S/C11H13BrF2OS/c1-6(15)7(2)16-5-8-10(13)4-3-9(12)11(8)14/h3-4,6-7,15H,5H2,1-2H3. The number of benzene rings is 1. The highest BCUT2D eigenvalue weighted by Crippen LogP contribution is 2.27. The number of hydrogen-bond donors (Lipinski definition) is 1. The third kappa shape index (κ3) is 3.43. The highest BCUT2D eigenvalue weighted by atomic mass is 79.9. The van der Waals surface area contributed by atoms with Crippen LogP contribution in [0.5, 0.6) is 0 Å². The Morgan fingerprint density at radius 1 is 1.38 bits per heavy atom. The maximum absolute atomic E-state index is 13.6. The van der Waals surface area contributed by atoms with Gasteiger partial charge in [0.1, 0.15) is 11.6 Å². The van der Waals surface area contributed by atoms with Crippen molar-refractivity contribution in [3.8, 4) is 0 Å². The molecule has 2 unspecified atom stereocenters. The first-order valence-electron chi connectivity index (χ1n) is 4.85. The van der Waals surface area contributed by atoms with Gasteiger partial charge in [0.25, 0.3) is 0 Å². The van der Waals surface area contributed by atoms with Gasteiger partial charge in [0.15, 0.2) is 0 Å². The van der Waals surface area contributed by atoms with Gasteiger partial charge >= 0.3 is 0 Å². The second-order valence-corrected chi connectivity index (χ2v) is 5.80. The molecule has 0 fully saturated rings. The average Bonchev–Trinajstić information content (AvgIpc) is 2.23. The number of aliphatic hydroxyl groups is 1. The average molecular weight is 311 g/mol. The van der Waals surface area contributed by atoms with E-state index in [4.69, 9.17) is 0 Å². The van der Waals surface area contributed by atoms with Gasteiger partial charge in [-0.25, -0.2) is 8.78 Å². The van der Waals surface area contributed by atoms with Crippen LogP contribution < -0.4 is 0 Å². The van der Waals surface area contributed by atoms with Gasteiger partial charge in [-0.15, -0.1) is 0 Å². The minimum Gasteiger partial charge on any atom is -0.392 e. The number of rotatable bonds is 4. The summed E-state index contributed by atoms with van der Waals surface area (Å²) in [5.41, 5.74) is 0.0480. The van der Waals surface area contributed by atoms with Gasteiger partial charge in [0.2, 0.25) is 0 Å². The normalized spacial score (nSPS) is 14.9. The lowest BCUT2D eigenvalue weighted by atomic mass is 10.2. The molecule has 0 saturated carbocycles. The zero-order chi connectivity index (χ0) is 12.3. The summed E-state index contributed by atoms with van der Waals surface area (Å²) in [7, 11) is 0. The largest absolute Gasteiger partial charge is 0.392 e. The molecule has 0 heterocycles. The summed E-state index contributed by atoms with van der Waals surface area (Å²) in [4.78, 5) is 0. The fraction of sp³-hybridized carbons (Fsp3) is 0.455. The first-order valence-corrected chi connectivity index (χ1v) is 6.69. The van der Waals surface area contributed by atoms with Gasteiger partial charge in [-0.05, 0) is 35.0 Å². The predicted octanol–water partition coefficient (Wildman–Crippen LogP) is 3.73. The monoisotopic (exact) mass is 310 g/mol. The number of aliphatic hydroxyl groups excluding tert-OH is 1. The van der Waals surface area contributed by atoms with Crippen molar-refractivity contribution in [2.45, 2.75) is 31.0 Å². The Bertz CT molecular complexity index is 371. The molecule has 5 heteroatoms. The Labute approximate surface area is 106 Å². The van der Waals surface area contributed by atoms with E-state index in [0.717, 1.165) is 0 Å².